The van der Waals surface area contributed by atoms with Gasteiger partial charge < -0.3 is 9.80 Å². The van der Waals surface area contributed by atoms with Crippen molar-refractivity contribution in [3.63, 3.8) is 0 Å². The molecule has 0 aliphatic carbocycles. The highest BCUT2D eigenvalue weighted by molar-refractivity contribution is 9.10. The summed E-state index contributed by atoms with van der Waals surface area (Å²) in [5, 5.41) is 0.913. The molecule has 1 aromatic carbocycles. The molecule has 0 N–H and O–H groups in total. The van der Waals surface area contributed by atoms with Crippen LogP contribution in [0.2, 0.25) is 0 Å². The van der Waals surface area contributed by atoms with E-state index in [1.807, 2.05) is 0 Å². The highest BCUT2D eigenvalue weighted by atomic mass is 79.9. The fourth-order valence-corrected chi connectivity index (χ4v) is 3.32. The number of hydrogen-bond acceptors (Lipinski definition) is 3. The van der Waals surface area contributed by atoms with Crippen LogP contribution in [0.3, 0.4) is 0 Å². The largest absolute Gasteiger partial charge is 0.369 e. The standard InChI is InChI=1S/C15H23Br2N3/c1-18(2)5-6-19-7-9-20(10-8-19)15-11-14(17)4-3-13(15)12-16/h3-4,11H,5-10,12H2,1-2H3. The van der Waals surface area contributed by atoms with Crippen molar-refractivity contribution in [2.75, 3.05) is 58.3 Å². The third kappa shape index (κ3) is 4.45. The molecular weight excluding hydrogens is 382 g/mol. The summed E-state index contributed by atoms with van der Waals surface area (Å²) in [6, 6.07) is 6.56. The van der Waals surface area contributed by atoms with Gasteiger partial charge in [0.15, 0.2) is 0 Å². The lowest BCUT2D eigenvalue weighted by atomic mass is 10.1. The summed E-state index contributed by atoms with van der Waals surface area (Å²) < 4.78 is 1.16. The molecule has 0 radical (unpaired) electrons. The molecule has 1 heterocycles. The number of alkyl halides is 1. The molecule has 0 atom stereocenters. The number of piperazine rings is 1. The van der Waals surface area contributed by atoms with E-state index in [2.05, 4.69) is 78.9 Å². The Balaban J connectivity index is 1.95. The van der Waals surface area contributed by atoms with Crippen molar-refractivity contribution in [2.45, 2.75) is 5.33 Å². The van der Waals surface area contributed by atoms with Crippen molar-refractivity contribution in [1.29, 1.82) is 0 Å². The maximum atomic E-state index is 3.59. The number of rotatable bonds is 5. The van der Waals surface area contributed by atoms with Gasteiger partial charge >= 0.3 is 0 Å². The van der Waals surface area contributed by atoms with Crippen molar-refractivity contribution in [1.82, 2.24) is 9.80 Å². The van der Waals surface area contributed by atoms with Gasteiger partial charge in [0.05, 0.1) is 0 Å². The molecule has 0 amide bonds. The lowest BCUT2D eigenvalue weighted by molar-refractivity contribution is 0.229. The number of anilines is 1. The monoisotopic (exact) mass is 403 g/mol. The predicted octanol–water partition coefficient (Wildman–Crippen LogP) is 3.03. The van der Waals surface area contributed by atoms with E-state index in [-0.39, 0.29) is 0 Å². The second-order valence-electron chi connectivity index (χ2n) is 5.54. The summed E-state index contributed by atoms with van der Waals surface area (Å²) in [6.07, 6.45) is 0. The lowest BCUT2D eigenvalue weighted by Crippen LogP contribution is -2.48. The van der Waals surface area contributed by atoms with Gasteiger partial charge in [-0.25, -0.2) is 0 Å². The average Bonchev–Trinajstić information content (AvgIpc) is 2.45. The molecule has 0 saturated carbocycles. The van der Waals surface area contributed by atoms with Crippen LogP contribution in [0.1, 0.15) is 5.56 Å². The zero-order valence-corrected chi connectivity index (χ0v) is 15.5. The first-order chi connectivity index (χ1) is 9.60. The molecule has 3 nitrogen and oxygen atoms in total. The van der Waals surface area contributed by atoms with E-state index in [4.69, 9.17) is 0 Å². The van der Waals surface area contributed by atoms with Crippen LogP contribution in [0.4, 0.5) is 5.69 Å². The van der Waals surface area contributed by atoms with Crippen molar-refractivity contribution in [2.24, 2.45) is 0 Å². The first kappa shape index (κ1) is 16.3. The van der Waals surface area contributed by atoms with Gasteiger partial charge in [-0.1, -0.05) is 37.9 Å². The maximum absolute atomic E-state index is 3.59. The van der Waals surface area contributed by atoms with Gasteiger partial charge in [0, 0.05) is 54.8 Å². The third-order valence-electron chi connectivity index (χ3n) is 3.77. The molecule has 0 unspecified atom stereocenters. The van der Waals surface area contributed by atoms with E-state index in [0.29, 0.717) is 0 Å². The second-order valence-corrected chi connectivity index (χ2v) is 7.02. The molecule has 5 heteroatoms. The molecule has 1 fully saturated rings. The molecule has 1 aliphatic rings. The Morgan fingerprint density at radius 3 is 2.45 bits per heavy atom. The quantitative estimate of drug-likeness (QED) is 0.698. The number of halogens is 2. The zero-order valence-electron chi connectivity index (χ0n) is 12.3. The van der Waals surface area contributed by atoms with Gasteiger partial charge in [0.25, 0.3) is 0 Å². The number of likely N-dealkylation sites (N-methyl/N-ethyl adjacent to an activating group) is 1. The molecule has 112 valence electrons. The Morgan fingerprint density at radius 2 is 1.85 bits per heavy atom. The molecule has 20 heavy (non-hydrogen) atoms. The SMILES string of the molecule is CN(C)CCN1CCN(c2cc(Br)ccc2CBr)CC1. The Kier molecular flexibility index (Phi) is 6.33. The second kappa shape index (κ2) is 7.78. The molecular formula is C15H23Br2N3. The first-order valence-electron chi connectivity index (χ1n) is 7.06. The normalized spacial score (nSPS) is 16.9. The molecule has 1 saturated heterocycles. The van der Waals surface area contributed by atoms with Crippen molar-refractivity contribution in [3.05, 3.63) is 28.2 Å². The van der Waals surface area contributed by atoms with E-state index >= 15 is 0 Å². The van der Waals surface area contributed by atoms with Crippen molar-refractivity contribution in [3.8, 4) is 0 Å². The molecule has 1 aromatic rings. The van der Waals surface area contributed by atoms with E-state index in [0.717, 1.165) is 42.5 Å². The summed E-state index contributed by atoms with van der Waals surface area (Å²) in [5.74, 6) is 0. The molecule has 0 aromatic heterocycles. The Labute approximate surface area is 139 Å². The van der Waals surface area contributed by atoms with Crippen molar-refractivity contribution >= 4 is 37.5 Å². The van der Waals surface area contributed by atoms with Crippen molar-refractivity contribution < 1.29 is 0 Å². The smallest absolute Gasteiger partial charge is 0.0419 e. The summed E-state index contributed by atoms with van der Waals surface area (Å²) in [6.45, 7) is 6.85. The van der Waals surface area contributed by atoms with Crippen LogP contribution in [-0.4, -0.2) is 63.2 Å². The van der Waals surface area contributed by atoms with E-state index in [1.165, 1.54) is 17.8 Å². The first-order valence-corrected chi connectivity index (χ1v) is 8.98. The topological polar surface area (TPSA) is 9.72 Å². The van der Waals surface area contributed by atoms with Crippen LogP contribution in [0, 0.1) is 0 Å². The summed E-state index contributed by atoms with van der Waals surface area (Å²) >= 11 is 7.18. The molecule has 0 spiro atoms. The zero-order chi connectivity index (χ0) is 14.5. The number of hydrogen-bond donors (Lipinski definition) is 0. The third-order valence-corrected chi connectivity index (χ3v) is 4.87. The Hall–Kier alpha value is -0.100. The van der Waals surface area contributed by atoms with Gasteiger partial charge in [0.1, 0.15) is 0 Å². The number of nitrogens with zero attached hydrogens (tertiary/aromatic N) is 3. The van der Waals surface area contributed by atoms with Crippen LogP contribution in [0.15, 0.2) is 22.7 Å². The maximum Gasteiger partial charge on any atom is 0.0419 e. The van der Waals surface area contributed by atoms with Gasteiger partial charge in [-0.05, 0) is 31.8 Å². The fourth-order valence-electron chi connectivity index (χ4n) is 2.50. The van der Waals surface area contributed by atoms with E-state index in [9.17, 15) is 0 Å². The fraction of sp³-hybridized carbons (Fsp3) is 0.600. The van der Waals surface area contributed by atoms with Gasteiger partial charge in [-0.3, -0.25) is 4.90 Å². The van der Waals surface area contributed by atoms with Gasteiger partial charge in [-0.15, -0.1) is 0 Å². The number of benzene rings is 1. The minimum Gasteiger partial charge on any atom is -0.369 e. The Morgan fingerprint density at radius 1 is 1.15 bits per heavy atom. The van der Waals surface area contributed by atoms with Crippen LogP contribution in [0.25, 0.3) is 0 Å². The highest BCUT2D eigenvalue weighted by Gasteiger charge is 2.19. The van der Waals surface area contributed by atoms with Gasteiger partial charge in [0.2, 0.25) is 0 Å². The average molecular weight is 405 g/mol. The van der Waals surface area contributed by atoms with E-state index < -0.39 is 0 Å². The van der Waals surface area contributed by atoms with E-state index in [1.54, 1.807) is 0 Å². The summed E-state index contributed by atoms with van der Waals surface area (Å²) in [5.41, 5.74) is 2.73. The molecule has 0 bridgehead atoms. The minimum atomic E-state index is 0.913. The van der Waals surface area contributed by atoms with Crippen LogP contribution in [-0.2, 0) is 5.33 Å². The molecule has 1 aliphatic heterocycles. The summed E-state index contributed by atoms with van der Waals surface area (Å²) in [7, 11) is 4.28. The highest BCUT2D eigenvalue weighted by Crippen LogP contribution is 2.27. The van der Waals surface area contributed by atoms with Crippen LogP contribution >= 0.6 is 31.9 Å². The van der Waals surface area contributed by atoms with Gasteiger partial charge in [-0.2, -0.15) is 0 Å². The van der Waals surface area contributed by atoms with Crippen LogP contribution < -0.4 is 4.90 Å². The Bertz CT molecular complexity index is 429. The molecule has 2 rings (SSSR count). The minimum absolute atomic E-state index is 0.913. The predicted molar refractivity (Wildman–Crippen MR) is 94.0 cm³/mol. The lowest BCUT2D eigenvalue weighted by Gasteiger charge is -2.37. The van der Waals surface area contributed by atoms with Crippen LogP contribution in [0.5, 0.6) is 0 Å². The summed E-state index contributed by atoms with van der Waals surface area (Å²) in [4.78, 5) is 7.32.